The predicted molar refractivity (Wildman–Crippen MR) is 79.7 cm³/mol. The molecule has 108 valence electrons. The third-order valence-electron chi connectivity index (χ3n) is 3.70. The summed E-state index contributed by atoms with van der Waals surface area (Å²) in [4.78, 5) is 12.0. The Morgan fingerprint density at radius 3 is 2.24 bits per heavy atom. The molecule has 1 saturated heterocycles. The minimum Gasteiger partial charge on any atom is -0.463 e. The van der Waals surface area contributed by atoms with Crippen LogP contribution in [0, 0.1) is 5.92 Å². The summed E-state index contributed by atoms with van der Waals surface area (Å²) in [5.74, 6) is -0.965. The van der Waals surface area contributed by atoms with Crippen molar-refractivity contribution in [2.75, 3.05) is 11.9 Å². The predicted octanol–water partition coefficient (Wildman–Crippen LogP) is 2.37. The number of carbonyl (C=O) groups is 1. The van der Waals surface area contributed by atoms with Gasteiger partial charge in [0.25, 0.3) is 0 Å². The van der Waals surface area contributed by atoms with Crippen LogP contribution in [0.3, 0.4) is 0 Å². The van der Waals surface area contributed by atoms with Crippen molar-refractivity contribution in [3.8, 4) is 0 Å². The maximum Gasteiger partial charge on any atom is 0.314 e. The van der Waals surface area contributed by atoms with Crippen LogP contribution in [0.1, 0.15) is 11.6 Å². The third kappa shape index (κ3) is 2.90. The van der Waals surface area contributed by atoms with Gasteiger partial charge < -0.3 is 15.2 Å². The second-order valence-electron chi connectivity index (χ2n) is 5.12. The molecular formula is C17H17NO3. The first-order valence-electron chi connectivity index (χ1n) is 6.97. The van der Waals surface area contributed by atoms with Gasteiger partial charge in [0.2, 0.25) is 0 Å². The van der Waals surface area contributed by atoms with Crippen LogP contribution in [-0.4, -0.2) is 23.8 Å². The van der Waals surface area contributed by atoms with Gasteiger partial charge in [0.1, 0.15) is 18.6 Å². The molecule has 1 heterocycles. The zero-order valence-electron chi connectivity index (χ0n) is 11.5. The maximum absolute atomic E-state index is 12.0. The van der Waals surface area contributed by atoms with Crippen LogP contribution in [-0.2, 0) is 9.53 Å². The summed E-state index contributed by atoms with van der Waals surface area (Å²) in [7, 11) is 0. The zero-order chi connectivity index (χ0) is 14.7. The number of hydrogen-bond donors (Lipinski definition) is 2. The Bertz CT molecular complexity index is 600. The SMILES string of the molecule is O=C1OCC(O)C1C(Nc1ccccc1)c1ccccc1. The van der Waals surface area contributed by atoms with Crippen LogP contribution in [0.5, 0.6) is 0 Å². The molecule has 0 saturated carbocycles. The molecule has 0 aromatic heterocycles. The molecule has 0 radical (unpaired) electrons. The topological polar surface area (TPSA) is 58.6 Å². The van der Waals surface area contributed by atoms with E-state index >= 15 is 0 Å². The van der Waals surface area contributed by atoms with Crippen LogP contribution in [0.25, 0.3) is 0 Å². The summed E-state index contributed by atoms with van der Waals surface area (Å²) in [6.45, 7) is 0.0588. The van der Waals surface area contributed by atoms with Crippen molar-refractivity contribution < 1.29 is 14.6 Å². The average molecular weight is 283 g/mol. The first-order chi connectivity index (χ1) is 10.3. The Hall–Kier alpha value is -2.33. The number of carbonyl (C=O) groups excluding carboxylic acids is 1. The summed E-state index contributed by atoms with van der Waals surface area (Å²) in [5.41, 5.74) is 1.85. The van der Waals surface area contributed by atoms with E-state index in [4.69, 9.17) is 4.74 Å². The second-order valence-corrected chi connectivity index (χ2v) is 5.12. The normalized spacial score (nSPS) is 22.6. The molecule has 1 aliphatic heterocycles. The lowest BCUT2D eigenvalue weighted by Crippen LogP contribution is -2.32. The molecular weight excluding hydrogens is 266 g/mol. The molecule has 21 heavy (non-hydrogen) atoms. The van der Waals surface area contributed by atoms with Crippen molar-refractivity contribution in [2.24, 2.45) is 5.92 Å². The quantitative estimate of drug-likeness (QED) is 0.846. The number of aliphatic hydroxyl groups is 1. The molecule has 2 aromatic carbocycles. The van der Waals surface area contributed by atoms with Gasteiger partial charge in [0.05, 0.1) is 6.04 Å². The van der Waals surface area contributed by atoms with Gasteiger partial charge in [-0.15, -0.1) is 0 Å². The molecule has 4 nitrogen and oxygen atoms in total. The highest BCUT2D eigenvalue weighted by Gasteiger charge is 2.42. The van der Waals surface area contributed by atoms with E-state index in [0.29, 0.717) is 0 Å². The molecule has 2 N–H and O–H groups in total. The molecule has 1 aliphatic rings. The van der Waals surface area contributed by atoms with Gasteiger partial charge in [0, 0.05) is 5.69 Å². The zero-order valence-corrected chi connectivity index (χ0v) is 11.5. The third-order valence-corrected chi connectivity index (χ3v) is 3.70. The van der Waals surface area contributed by atoms with Gasteiger partial charge in [-0.3, -0.25) is 4.79 Å². The number of rotatable bonds is 4. The van der Waals surface area contributed by atoms with E-state index in [-0.39, 0.29) is 18.6 Å². The van der Waals surface area contributed by atoms with Crippen LogP contribution in [0.2, 0.25) is 0 Å². The molecule has 0 aliphatic carbocycles. The Balaban J connectivity index is 1.93. The lowest BCUT2D eigenvalue weighted by Gasteiger charge is -2.25. The van der Waals surface area contributed by atoms with Crippen LogP contribution in [0.4, 0.5) is 5.69 Å². The number of esters is 1. The molecule has 1 fully saturated rings. The summed E-state index contributed by atoms with van der Waals surface area (Å²) in [6, 6.07) is 19.0. The van der Waals surface area contributed by atoms with Crippen molar-refractivity contribution in [3.05, 3.63) is 66.2 Å². The van der Waals surface area contributed by atoms with Crippen molar-refractivity contribution in [3.63, 3.8) is 0 Å². The number of nitrogens with one attached hydrogen (secondary N) is 1. The Morgan fingerprint density at radius 2 is 1.67 bits per heavy atom. The lowest BCUT2D eigenvalue weighted by molar-refractivity contribution is -0.141. The van der Waals surface area contributed by atoms with Crippen molar-refractivity contribution >= 4 is 11.7 Å². The molecule has 3 rings (SSSR count). The second kappa shape index (κ2) is 5.97. The molecule has 2 aromatic rings. The van der Waals surface area contributed by atoms with Gasteiger partial charge in [-0.1, -0.05) is 48.5 Å². The van der Waals surface area contributed by atoms with Crippen molar-refractivity contribution in [2.45, 2.75) is 12.1 Å². The highest BCUT2D eigenvalue weighted by molar-refractivity contribution is 5.77. The molecule has 0 spiro atoms. The summed E-state index contributed by atoms with van der Waals surface area (Å²) in [6.07, 6.45) is -0.793. The first kappa shape index (κ1) is 13.6. The van der Waals surface area contributed by atoms with Crippen molar-refractivity contribution in [1.82, 2.24) is 0 Å². The van der Waals surface area contributed by atoms with E-state index in [9.17, 15) is 9.90 Å². The highest BCUT2D eigenvalue weighted by atomic mass is 16.6. The number of anilines is 1. The first-order valence-corrected chi connectivity index (χ1v) is 6.97. The summed E-state index contributed by atoms with van der Waals surface area (Å²) < 4.78 is 4.99. The van der Waals surface area contributed by atoms with E-state index in [0.717, 1.165) is 11.3 Å². The van der Waals surface area contributed by atoms with E-state index in [2.05, 4.69) is 5.32 Å². The van der Waals surface area contributed by atoms with E-state index < -0.39 is 12.0 Å². The standard InChI is InChI=1S/C17H17NO3/c19-14-11-21-17(20)15(14)16(12-7-3-1-4-8-12)18-13-9-5-2-6-10-13/h1-10,14-16,18-19H,11H2. The van der Waals surface area contributed by atoms with Crippen LogP contribution >= 0.6 is 0 Å². The van der Waals surface area contributed by atoms with Crippen molar-refractivity contribution in [1.29, 1.82) is 0 Å². The van der Waals surface area contributed by atoms with E-state index in [1.807, 2.05) is 60.7 Å². The number of aliphatic hydroxyl groups excluding tert-OH is 1. The number of para-hydroxylation sites is 1. The number of ether oxygens (including phenoxy) is 1. The Morgan fingerprint density at radius 1 is 1.05 bits per heavy atom. The lowest BCUT2D eigenvalue weighted by atomic mass is 9.90. The van der Waals surface area contributed by atoms with E-state index in [1.165, 1.54) is 0 Å². The number of hydrogen-bond acceptors (Lipinski definition) is 4. The minimum atomic E-state index is -0.793. The molecule has 0 bridgehead atoms. The molecule has 0 amide bonds. The number of cyclic esters (lactones) is 1. The van der Waals surface area contributed by atoms with Gasteiger partial charge in [-0.25, -0.2) is 0 Å². The van der Waals surface area contributed by atoms with Crippen LogP contribution in [0.15, 0.2) is 60.7 Å². The molecule has 3 unspecified atom stereocenters. The summed E-state index contributed by atoms with van der Waals surface area (Å²) >= 11 is 0. The number of benzene rings is 2. The fourth-order valence-corrected chi connectivity index (χ4v) is 2.64. The Kier molecular flexibility index (Phi) is 3.88. The maximum atomic E-state index is 12.0. The smallest absolute Gasteiger partial charge is 0.314 e. The van der Waals surface area contributed by atoms with Gasteiger partial charge in [-0.2, -0.15) is 0 Å². The fourth-order valence-electron chi connectivity index (χ4n) is 2.64. The monoisotopic (exact) mass is 283 g/mol. The van der Waals surface area contributed by atoms with Gasteiger partial charge >= 0.3 is 5.97 Å². The van der Waals surface area contributed by atoms with Gasteiger partial charge in [-0.05, 0) is 17.7 Å². The Labute approximate surface area is 123 Å². The van der Waals surface area contributed by atoms with E-state index in [1.54, 1.807) is 0 Å². The highest BCUT2D eigenvalue weighted by Crippen LogP contribution is 2.33. The minimum absolute atomic E-state index is 0.0588. The summed E-state index contributed by atoms with van der Waals surface area (Å²) in [5, 5.41) is 13.4. The molecule has 3 atom stereocenters. The van der Waals surface area contributed by atoms with Crippen LogP contribution < -0.4 is 5.32 Å². The average Bonchev–Trinajstić information content (AvgIpc) is 2.86. The fraction of sp³-hybridized carbons (Fsp3) is 0.235. The largest absolute Gasteiger partial charge is 0.463 e. The van der Waals surface area contributed by atoms with Gasteiger partial charge in [0.15, 0.2) is 0 Å². The molecule has 4 heteroatoms.